The molecular formula is C11H16N2O3. The summed E-state index contributed by atoms with van der Waals surface area (Å²) in [6.07, 6.45) is 3.85. The highest BCUT2D eigenvalue weighted by Gasteiger charge is 2.38. The number of Topliss-reactive ketones (excluding diaryl/α,β-unsaturated/α-hetero) is 1. The largest absolute Gasteiger partial charge is 0.465 e. The Morgan fingerprint density at radius 3 is 2.62 bits per heavy atom. The average Bonchev–Trinajstić information content (AvgIpc) is 2.24. The molecule has 0 aliphatic rings. The van der Waals surface area contributed by atoms with Crippen LogP contribution in [0.1, 0.15) is 26.7 Å². The van der Waals surface area contributed by atoms with Crippen LogP contribution in [0.5, 0.6) is 0 Å². The lowest BCUT2D eigenvalue weighted by atomic mass is 9.89. The molecular weight excluding hydrogens is 208 g/mol. The number of ketones is 1. The molecule has 0 atom stereocenters. The van der Waals surface area contributed by atoms with E-state index >= 15 is 0 Å². The van der Waals surface area contributed by atoms with Crippen LogP contribution in [0.25, 0.3) is 5.53 Å². The van der Waals surface area contributed by atoms with Crippen molar-refractivity contribution in [1.29, 1.82) is 0 Å². The molecule has 16 heavy (non-hydrogen) atoms. The van der Waals surface area contributed by atoms with E-state index in [1.165, 1.54) is 13.8 Å². The maximum atomic E-state index is 11.5. The number of unbranched alkanes of at least 4 members (excludes halogenated alkanes) is 1. The zero-order valence-corrected chi connectivity index (χ0v) is 9.60. The molecule has 0 aliphatic carbocycles. The Labute approximate surface area is 94.7 Å². The molecule has 0 aliphatic heterocycles. The molecule has 0 aromatic carbocycles. The van der Waals surface area contributed by atoms with Crippen LogP contribution in [-0.2, 0) is 14.3 Å². The zero-order chi connectivity index (χ0) is 12.6. The SMILES string of the molecule is C=CCCCOC(=O)C(C)(C)C(=O)C=[N+]=[N-]. The lowest BCUT2D eigenvalue weighted by molar-refractivity contribution is -0.157. The van der Waals surface area contributed by atoms with Gasteiger partial charge in [0, 0.05) is 0 Å². The van der Waals surface area contributed by atoms with E-state index in [-0.39, 0.29) is 6.61 Å². The molecule has 5 heteroatoms. The zero-order valence-electron chi connectivity index (χ0n) is 9.60. The van der Waals surface area contributed by atoms with Crippen LogP contribution in [0, 0.1) is 5.41 Å². The van der Waals surface area contributed by atoms with Gasteiger partial charge in [0.05, 0.1) is 6.61 Å². The Hall–Kier alpha value is -1.74. The number of rotatable bonds is 7. The first-order chi connectivity index (χ1) is 7.46. The topological polar surface area (TPSA) is 79.8 Å². The smallest absolute Gasteiger partial charge is 0.324 e. The predicted octanol–water partition coefficient (Wildman–Crippen LogP) is 1.39. The highest BCUT2D eigenvalue weighted by Crippen LogP contribution is 2.17. The molecule has 0 radical (unpaired) electrons. The molecule has 0 fully saturated rings. The lowest BCUT2D eigenvalue weighted by Gasteiger charge is -2.17. The summed E-state index contributed by atoms with van der Waals surface area (Å²) >= 11 is 0. The molecule has 0 spiro atoms. The van der Waals surface area contributed by atoms with Crippen molar-refractivity contribution >= 4 is 18.0 Å². The van der Waals surface area contributed by atoms with Crippen LogP contribution >= 0.6 is 0 Å². The monoisotopic (exact) mass is 224 g/mol. The van der Waals surface area contributed by atoms with Crippen molar-refractivity contribution in [3.8, 4) is 0 Å². The van der Waals surface area contributed by atoms with Gasteiger partial charge in [-0.2, -0.15) is 4.79 Å². The molecule has 0 aromatic heterocycles. The van der Waals surface area contributed by atoms with E-state index in [9.17, 15) is 9.59 Å². The van der Waals surface area contributed by atoms with Gasteiger partial charge in [-0.25, -0.2) is 0 Å². The van der Waals surface area contributed by atoms with Crippen molar-refractivity contribution in [2.24, 2.45) is 5.41 Å². The van der Waals surface area contributed by atoms with E-state index in [1.54, 1.807) is 6.08 Å². The summed E-state index contributed by atoms with van der Waals surface area (Å²) in [4.78, 5) is 25.5. The number of allylic oxidation sites excluding steroid dienone is 1. The first-order valence-electron chi connectivity index (χ1n) is 4.96. The Morgan fingerprint density at radius 2 is 2.12 bits per heavy atom. The number of hydrogen-bond donors (Lipinski definition) is 0. The normalized spacial score (nSPS) is 10.1. The first kappa shape index (κ1) is 14.3. The summed E-state index contributed by atoms with van der Waals surface area (Å²) in [6.45, 7) is 6.63. The number of ether oxygens (including phenoxy) is 1. The van der Waals surface area contributed by atoms with Crippen LogP contribution in [-0.4, -0.2) is 29.4 Å². The van der Waals surface area contributed by atoms with Crippen LogP contribution in [0.4, 0.5) is 0 Å². The van der Waals surface area contributed by atoms with Crippen LogP contribution in [0.3, 0.4) is 0 Å². The summed E-state index contributed by atoms with van der Waals surface area (Å²) in [5.41, 5.74) is 6.89. The molecule has 0 bridgehead atoms. The number of nitrogens with zero attached hydrogens (tertiary/aromatic N) is 2. The molecule has 0 unspecified atom stereocenters. The molecule has 0 saturated heterocycles. The van der Waals surface area contributed by atoms with Gasteiger partial charge in [-0.15, -0.1) is 6.58 Å². The van der Waals surface area contributed by atoms with E-state index < -0.39 is 17.2 Å². The van der Waals surface area contributed by atoms with E-state index in [0.717, 1.165) is 6.42 Å². The third-order valence-corrected chi connectivity index (χ3v) is 2.09. The summed E-state index contributed by atoms with van der Waals surface area (Å²) in [5.74, 6) is -1.22. The van der Waals surface area contributed by atoms with Gasteiger partial charge in [-0.1, -0.05) is 6.08 Å². The minimum atomic E-state index is -1.32. The van der Waals surface area contributed by atoms with Crippen LogP contribution in [0.15, 0.2) is 12.7 Å². The summed E-state index contributed by atoms with van der Waals surface area (Å²) in [6, 6.07) is 0. The second kappa shape index (κ2) is 6.69. The minimum Gasteiger partial charge on any atom is -0.465 e. The van der Waals surface area contributed by atoms with Gasteiger partial charge >= 0.3 is 12.2 Å². The van der Waals surface area contributed by atoms with Crippen LogP contribution in [0.2, 0.25) is 0 Å². The highest BCUT2D eigenvalue weighted by molar-refractivity contribution is 6.32. The van der Waals surface area contributed by atoms with Gasteiger partial charge in [-0.05, 0) is 26.7 Å². The summed E-state index contributed by atoms with van der Waals surface area (Å²) in [7, 11) is 0. The molecule has 5 nitrogen and oxygen atoms in total. The Morgan fingerprint density at radius 1 is 1.50 bits per heavy atom. The summed E-state index contributed by atoms with van der Waals surface area (Å²) in [5, 5.41) is 0. The average molecular weight is 224 g/mol. The Bertz CT molecular complexity index is 328. The quantitative estimate of drug-likeness (QED) is 0.125. The Balaban J connectivity index is 4.29. The Kier molecular flexibility index (Phi) is 5.96. The molecule has 0 aromatic rings. The number of carbonyl (C=O) groups excluding carboxylic acids is 2. The van der Waals surface area contributed by atoms with E-state index in [1.807, 2.05) is 0 Å². The summed E-state index contributed by atoms with van der Waals surface area (Å²) < 4.78 is 4.93. The fraction of sp³-hybridized carbons (Fsp3) is 0.545. The number of hydrogen-bond acceptors (Lipinski definition) is 3. The maximum absolute atomic E-state index is 11.5. The molecule has 0 amide bonds. The van der Waals surface area contributed by atoms with E-state index in [4.69, 9.17) is 10.3 Å². The third kappa shape index (κ3) is 4.19. The van der Waals surface area contributed by atoms with Gasteiger partial charge in [0.1, 0.15) is 5.41 Å². The van der Waals surface area contributed by atoms with Crippen molar-refractivity contribution < 1.29 is 19.1 Å². The van der Waals surface area contributed by atoms with Crippen molar-refractivity contribution in [3.63, 3.8) is 0 Å². The van der Waals surface area contributed by atoms with Crippen molar-refractivity contribution in [2.75, 3.05) is 6.61 Å². The fourth-order valence-corrected chi connectivity index (χ4v) is 0.887. The maximum Gasteiger partial charge on any atom is 0.324 e. The first-order valence-corrected chi connectivity index (χ1v) is 4.96. The van der Waals surface area contributed by atoms with Gasteiger partial charge in [-0.3, -0.25) is 9.59 Å². The predicted molar refractivity (Wildman–Crippen MR) is 58.9 cm³/mol. The molecule has 88 valence electrons. The standard InChI is InChI=1S/C11H16N2O3/c1-4-5-6-7-16-10(15)11(2,3)9(14)8-13-12/h4,8H,1,5-7H2,2-3H3. The second-order valence-corrected chi connectivity index (χ2v) is 3.80. The second-order valence-electron chi connectivity index (χ2n) is 3.80. The number of esters is 1. The van der Waals surface area contributed by atoms with Crippen molar-refractivity contribution in [1.82, 2.24) is 0 Å². The van der Waals surface area contributed by atoms with Crippen molar-refractivity contribution in [2.45, 2.75) is 26.7 Å². The number of carbonyl (C=O) groups is 2. The minimum absolute atomic E-state index is 0.248. The molecule has 0 saturated carbocycles. The van der Waals surface area contributed by atoms with Gasteiger partial charge < -0.3 is 10.3 Å². The van der Waals surface area contributed by atoms with E-state index in [2.05, 4.69) is 11.4 Å². The highest BCUT2D eigenvalue weighted by atomic mass is 16.5. The lowest BCUT2D eigenvalue weighted by Crippen LogP contribution is -2.36. The van der Waals surface area contributed by atoms with Gasteiger partial charge in [0.2, 0.25) is 0 Å². The van der Waals surface area contributed by atoms with Crippen molar-refractivity contribution in [3.05, 3.63) is 18.2 Å². The molecule has 0 N–H and O–H groups in total. The van der Waals surface area contributed by atoms with Gasteiger partial charge in [0.25, 0.3) is 5.78 Å². The van der Waals surface area contributed by atoms with Crippen LogP contribution < -0.4 is 0 Å². The van der Waals surface area contributed by atoms with E-state index in [0.29, 0.717) is 12.6 Å². The molecule has 0 rings (SSSR count). The fourth-order valence-electron chi connectivity index (χ4n) is 0.887. The van der Waals surface area contributed by atoms with Gasteiger partial charge in [0.15, 0.2) is 0 Å². The third-order valence-electron chi connectivity index (χ3n) is 2.09. The molecule has 0 heterocycles.